The van der Waals surface area contributed by atoms with Crippen LogP contribution in [0.1, 0.15) is 60.4 Å². The molecule has 1 fully saturated rings. The van der Waals surface area contributed by atoms with Gasteiger partial charge >= 0.3 is 0 Å². The van der Waals surface area contributed by atoms with Crippen molar-refractivity contribution in [2.45, 2.75) is 56.4 Å². The molecule has 0 radical (unpaired) electrons. The third kappa shape index (κ3) is 4.14. The van der Waals surface area contributed by atoms with Crippen LogP contribution in [0.2, 0.25) is 0 Å². The summed E-state index contributed by atoms with van der Waals surface area (Å²) in [6.07, 6.45) is 8.40. The second kappa shape index (κ2) is 9.78. The third-order valence-corrected chi connectivity index (χ3v) is 9.07. The molecule has 4 aromatic rings. The monoisotopic (exact) mass is 477 g/mol. The first-order valence-corrected chi connectivity index (χ1v) is 13.8. The highest BCUT2D eigenvalue weighted by molar-refractivity contribution is 5.85. The van der Waals surface area contributed by atoms with Crippen molar-refractivity contribution in [2.75, 3.05) is 32.1 Å². The maximum atomic E-state index is 3.91. The number of rotatable bonds is 6. The largest absolute Gasteiger partial charge is 0.371 e. The average Bonchev–Trinajstić information content (AvgIpc) is 3.31. The molecule has 3 aromatic carbocycles. The molecule has 3 heteroatoms. The van der Waals surface area contributed by atoms with Gasteiger partial charge in [0.2, 0.25) is 0 Å². The topological polar surface area (TPSA) is 22.3 Å². The Kier molecular flexibility index (Phi) is 6.35. The molecular weight excluding hydrogens is 438 g/mol. The number of benzene rings is 3. The molecule has 0 amide bonds. The Labute approximate surface area is 216 Å². The first-order chi connectivity index (χ1) is 17.7. The summed E-state index contributed by atoms with van der Waals surface area (Å²) in [6, 6.07) is 29.1. The molecule has 0 saturated heterocycles. The van der Waals surface area contributed by atoms with Gasteiger partial charge in [0.15, 0.2) is 0 Å². The van der Waals surface area contributed by atoms with Crippen molar-refractivity contribution >= 4 is 16.6 Å². The van der Waals surface area contributed by atoms with Crippen LogP contribution in [0.5, 0.6) is 0 Å². The van der Waals surface area contributed by atoms with Crippen molar-refractivity contribution in [3.8, 4) is 0 Å². The number of hydrogen-bond acceptors (Lipinski definition) is 2. The number of aromatic amines is 1. The van der Waals surface area contributed by atoms with Crippen molar-refractivity contribution < 1.29 is 0 Å². The number of nitrogens with zero attached hydrogens (tertiary/aromatic N) is 2. The summed E-state index contributed by atoms with van der Waals surface area (Å²) < 4.78 is 0. The van der Waals surface area contributed by atoms with Gasteiger partial charge in [0.25, 0.3) is 0 Å². The Hall–Kier alpha value is -3.04. The standard InChI is InChI=1S/C33H39N3/c1-35(2)33(27-13-4-3-5-14-27)21-18-26(19-22-33)32-29(28-15-7-8-16-30(28)34-32)20-24-36-23-10-12-25-11-6-9-17-31(25)36/h3-9,11,13-17,26,34H,10,12,18-24H2,1-2H3. The summed E-state index contributed by atoms with van der Waals surface area (Å²) in [4.78, 5) is 9.00. The molecule has 1 aliphatic carbocycles. The Morgan fingerprint density at radius 2 is 1.61 bits per heavy atom. The zero-order valence-corrected chi connectivity index (χ0v) is 21.8. The first kappa shape index (κ1) is 23.4. The Bertz CT molecular complexity index is 1310. The van der Waals surface area contributed by atoms with E-state index in [0.29, 0.717) is 5.92 Å². The van der Waals surface area contributed by atoms with Crippen LogP contribution in [0.3, 0.4) is 0 Å². The van der Waals surface area contributed by atoms with Crippen LogP contribution in [-0.4, -0.2) is 37.1 Å². The van der Waals surface area contributed by atoms with Crippen molar-refractivity contribution in [3.63, 3.8) is 0 Å². The van der Waals surface area contributed by atoms with Crippen LogP contribution >= 0.6 is 0 Å². The van der Waals surface area contributed by atoms with E-state index >= 15 is 0 Å². The van der Waals surface area contributed by atoms with Gasteiger partial charge < -0.3 is 9.88 Å². The Morgan fingerprint density at radius 3 is 2.42 bits per heavy atom. The second-order valence-electron chi connectivity index (χ2n) is 11.1. The zero-order valence-electron chi connectivity index (χ0n) is 21.8. The fraction of sp³-hybridized carbons (Fsp3) is 0.394. The lowest BCUT2D eigenvalue weighted by molar-refractivity contribution is 0.0903. The number of fused-ring (bicyclic) bond motifs is 2. The molecule has 1 saturated carbocycles. The maximum absolute atomic E-state index is 3.91. The lowest BCUT2D eigenvalue weighted by atomic mass is 9.70. The maximum Gasteiger partial charge on any atom is 0.0459 e. The summed E-state index contributed by atoms with van der Waals surface area (Å²) in [5, 5.41) is 1.42. The summed E-state index contributed by atoms with van der Waals surface area (Å²) >= 11 is 0. The quantitative estimate of drug-likeness (QED) is 0.315. The van der Waals surface area contributed by atoms with Gasteiger partial charge in [-0.2, -0.15) is 0 Å². The second-order valence-corrected chi connectivity index (χ2v) is 11.1. The number of H-pyrrole nitrogens is 1. The SMILES string of the molecule is CN(C)C1(c2ccccc2)CCC(c2[nH]c3ccccc3c2CCN2CCCc3ccccc32)CC1. The highest BCUT2D eigenvalue weighted by Gasteiger charge is 2.39. The Morgan fingerprint density at radius 1 is 0.889 bits per heavy atom. The summed E-state index contributed by atoms with van der Waals surface area (Å²) in [7, 11) is 4.52. The lowest BCUT2D eigenvalue weighted by Crippen LogP contribution is -2.44. The first-order valence-electron chi connectivity index (χ1n) is 13.8. The smallest absolute Gasteiger partial charge is 0.0459 e. The van der Waals surface area contributed by atoms with Gasteiger partial charge in [0.1, 0.15) is 0 Å². The van der Waals surface area contributed by atoms with Crippen LogP contribution in [0, 0.1) is 0 Å². The van der Waals surface area contributed by atoms with Crippen LogP contribution in [0.15, 0.2) is 78.9 Å². The fourth-order valence-electron chi connectivity index (χ4n) is 7.06. The van der Waals surface area contributed by atoms with E-state index in [9.17, 15) is 0 Å². The zero-order chi connectivity index (χ0) is 24.5. The number of hydrogen-bond donors (Lipinski definition) is 1. The predicted molar refractivity (Wildman–Crippen MR) is 152 cm³/mol. The summed E-state index contributed by atoms with van der Waals surface area (Å²) in [5.74, 6) is 0.595. The van der Waals surface area contributed by atoms with E-state index < -0.39 is 0 Å². The van der Waals surface area contributed by atoms with Crippen molar-refractivity contribution in [1.29, 1.82) is 0 Å². The highest BCUT2D eigenvalue weighted by Crippen LogP contribution is 2.47. The van der Waals surface area contributed by atoms with Crippen molar-refractivity contribution in [3.05, 3.63) is 101 Å². The lowest BCUT2D eigenvalue weighted by Gasteiger charge is -2.45. The number of nitrogens with one attached hydrogen (secondary N) is 1. The van der Waals surface area contributed by atoms with Crippen LogP contribution in [0.25, 0.3) is 10.9 Å². The van der Waals surface area contributed by atoms with E-state index in [1.54, 1.807) is 5.56 Å². The van der Waals surface area contributed by atoms with E-state index in [1.807, 2.05) is 0 Å². The summed E-state index contributed by atoms with van der Waals surface area (Å²) in [6.45, 7) is 2.25. The van der Waals surface area contributed by atoms with E-state index in [0.717, 1.165) is 13.0 Å². The van der Waals surface area contributed by atoms with Gasteiger partial charge in [-0.05, 0) is 93.8 Å². The average molecular weight is 478 g/mol. The molecular formula is C33H39N3. The molecule has 0 unspecified atom stereocenters. The molecule has 36 heavy (non-hydrogen) atoms. The predicted octanol–water partition coefficient (Wildman–Crippen LogP) is 7.28. The van der Waals surface area contributed by atoms with Crippen LogP contribution in [0.4, 0.5) is 5.69 Å². The van der Waals surface area contributed by atoms with Crippen LogP contribution in [-0.2, 0) is 18.4 Å². The Balaban J connectivity index is 1.27. The van der Waals surface area contributed by atoms with Gasteiger partial charge in [0.05, 0.1) is 0 Å². The van der Waals surface area contributed by atoms with Gasteiger partial charge in [-0.25, -0.2) is 0 Å². The molecule has 0 spiro atoms. The minimum Gasteiger partial charge on any atom is -0.371 e. The molecule has 186 valence electrons. The molecule has 0 atom stereocenters. The molecule has 1 aliphatic heterocycles. The van der Waals surface area contributed by atoms with Gasteiger partial charge in [-0.1, -0.05) is 66.7 Å². The minimum atomic E-state index is 0.140. The fourth-order valence-corrected chi connectivity index (χ4v) is 7.06. The molecule has 6 rings (SSSR count). The molecule has 1 N–H and O–H groups in total. The summed E-state index contributed by atoms with van der Waals surface area (Å²) in [5.41, 5.74) is 8.92. The van der Waals surface area contributed by atoms with Gasteiger partial charge in [0, 0.05) is 40.9 Å². The molecule has 1 aromatic heterocycles. The molecule has 2 aliphatic rings. The third-order valence-electron chi connectivity index (χ3n) is 9.07. The number of aromatic nitrogens is 1. The van der Waals surface area contributed by atoms with E-state index in [2.05, 4.69) is 108 Å². The molecule has 2 heterocycles. The number of anilines is 1. The normalized spacial score (nSPS) is 22.2. The van der Waals surface area contributed by atoms with Crippen molar-refractivity contribution in [2.24, 2.45) is 0 Å². The molecule has 0 bridgehead atoms. The van der Waals surface area contributed by atoms with E-state index in [-0.39, 0.29) is 5.54 Å². The number of aryl methyl sites for hydroxylation is 1. The van der Waals surface area contributed by atoms with Crippen molar-refractivity contribution in [1.82, 2.24) is 9.88 Å². The highest BCUT2D eigenvalue weighted by atomic mass is 15.1. The van der Waals surface area contributed by atoms with E-state index in [1.165, 1.54) is 78.5 Å². The van der Waals surface area contributed by atoms with Gasteiger partial charge in [-0.15, -0.1) is 0 Å². The van der Waals surface area contributed by atoms with E-state index in [4.69, 9.17) is 0 Å². The minimum absolute atomic E-state index is 0.140. The number of para-hydroxylation sites is 2. The van der Waals surface area contributed by atoms with Crippen LogP contribution < -0.4 is 4.90 Å². The van der Waals surface area contributed by atoms with Gasteiger partial charge in [-0.3, -0.25) is 4.90 Å². The molecule has 3 nitrogen and oxygen atoms in total.